The average Bonchev–Trinajstić information content (AvgIpc) is 2.22. The van der Waals surface area contributed by atoms with E-state index in [1.165, 1.54) is 0 Å². The van der Waals surface area contributed by atoms with Crippen LogP contribution in [0.15, 0.2) is 11.6 Å². The molecule has 1 N–H and O–H groups in total. The van der Waals surface area contributed by atoms with Crippen LogP contribution in [0.5, 0.6) is 0 Å². The van der Waals surface area contributed by atoms with Gasteiger partial charge in [-0.15, -0.1) is 0 Å². The molecule has 0 radical (unpaired) electrons. The first kappa shape index (κ1) is 15.1. The van der Waals surface area contributed by atoms with E-state index < -0.39 is 5.60 Å². The molecule has 0 fully saturated rings. The fourth-order valence-electron chi connectivity index (χ4n) is 2.52. The van der Waals surface area contributed by atoms with Crippen LogP contribution in [0.2, 0.25) is 0 Å². The van der Waals surface area contributed by atoms with Gasteiger partial charge in [0.15, 0.2) is 5.78 Å². The number of Topliss-reactive ketones (excluding diaryl/α,β-unsaturated/α-hetero) is 2. The third kappa shape index (κ3) is 4.05. The Balaban J connectivity index is 2.93. The van der Waals surface area contributed by atoms with Gasteiger partial charge in [-0.2, -0.15) is 0 Å². The summed E-state index contributed by atoms with van der Waals surface area (Å²) in [5.74, 6) is 0.654. The molecule has 1 unspecified atom stereocenters. The Hall–Kier alpha value is -0.960. The molecule has 1 aliphatic carbocycles. The van der Waals surface area contributed by atoms with E-state index >= 15 is 0 Å². The highest BCUT2D eigenvalue weighted by molar-refractivity contribution is 5.97. The summed E-state index contributed by atoms with van der Waals surface area (Å²) in [5, 5.41) is 10.1. The Morgan fingerprint density at radius 1 is 1.50 bits per heavy atom. The van der Waals surface area contributed by atoms with Gasteiger partial charge in [-0.1, -0.05) is 13.8 Å². The number of hydrogen-bond acceptors (Lipinski definition) is 3. The van der Waals surface area contributed by atoms with Crippen molar-refractivity contribution in [2.24, 2.45) is 11.8 Å². The smallest absolute Gasteiger partial charge is 0.159 e. The second-order valence-corrected chi connectivity index (χ2v) is 5.97. The summed E-state index contributed by atoms with van der Waals surface area (Å²) in [4.78, 5) is 23.1. The molecule has 0 aromatic carbocycles. The number of carbonyl (C=O) groups excluding carboxylic acids is 2. The zero-order valence-electron chi connectivity index (χ0n) is 11.8. The van der Waals surface area contributed by atoms with Gasteiger partial charge in [-0.3, -0.25) is 4.79 Å². The second-order valence-electron chi connectivity index (χ2n) is 5.97. The number of carbonyl (C=O) groups is 2. The Morgan fingerprint density at radius 2 is 2.11 bits per heavy atom. The zero-order valence-corrected chi connectivity index (χ0v) is 11.8. The quantitative estimate of drug-likeness (QED) is 0.818. The summed E-state index contributed by atoms with van der Waals surface area (Å²) in [6.07, 6.45) is 3.80. The SMILES string of the molecule is CC(=O)CC[C@@H](C1=CC(C)(O)CCC1=O)C(C)C. The fourth-order valence-corrected chi connectivity index (χ4v) is 2.52. The van der Waals surface area contributed by atoms with Crippen LogP contribution in [0.25, 0.3) is 0 Å². The van der Waals surface area contributed by atoms with E-state index in [1.54, 1.807) is 19.9 Å². The molecule has 0 saturated heterocycles. The summed E-state index contributed by atoms with van der Waals surface area (Å²) >= 11 is 0. The van der Waals surface area contributed by atoms with Gasteiger partial charge in [-0.25, -0.2) is 0 Å². The van der Waals surface area contributed by atoms with Crippen LogP contribution in [0, 0.1) is 11.8 Å². The summed E-state index contributed by atoms with van der Waals surface area (Å²) in [6.45, 7) is 7.43. The molecular weight excluding hydrogens is 228 g/mol. The molecule has 0 amide bonds. The number of allylic oxidation sites excluding steroid dienone is 1. The number of rotatable bonds is 5. The topological polar surface area (TPSA) is 54.4 Å². The predicted octanol–water partition coefficient (Wildman–Crippen LogP) is 2.67. The molecule has 0 aliphatic heterocycles. The lowest BCUT2D eigenvalue weighted by Gasteiger charge is -2.31. The van der Waals surface area contributed by atoms with Crippen LogP contribution < -0.4 is 0 Å². The van der Waals surface area contributed by atoms with Crippen molar-refractivity contribution >= 4 is 11.6 Å². The molecular formula is C15H24O3. The third-order valence-electron chi connectivity index (χ3n) is 3.66. The van der Waals surface area contributed by atoms with Crippen molar-refractivity contribution in [2.75, 3.05) is 0 Å². The van der Waals surface area contributed by atoms with Gasteiger partial charge in [0, 0.05) is 12.8 Å². The highest BCUT2D eigenvalue weighted by atomic mass is 16.3. The molecule has 18 heavy (non-hydrogen) atoms. The van der Waals surface area contributed by atoms with Crippen molar-refractivity contribution in [2.45, 2.75) is 59.0 Å². The normalized spacial score (nSPS) is 26.1. The number of aliphatic hydroxyl groups is 1. The Kier molecular flexibility index (Phi) is 4.85. The standard InChI is InChI=1S/C15H24O3/c1-10(2)12(6-5-11(3)16)13-9-15(4,18)8-7-14(13)17/h9-10,12,18H,5-8H2,1-4H3/t12-,15?/m1/s1. The van der Waals surface area contributed by atoms with Gasteiger partial charge in [-0.05, 0) is 50.2 Å². The van der Waals surface area contributed by atoms with Gasteiger partial charge in [0.05, 0.1) is 5.60 Å². The van der Waals surface area contributed by atoms with E-state index in [0.717, 1.165) is 5.57 Å². The summed E-state index contributed by atoms with van der Waals surface area (Å²) in [6, 6.07) is 0. The molecule has 3 nitrogen and oxygen atoms in total. The van der Waals surface area contributed by atoms with Crippen molar-refractivity contribution < 1.29 is 14.7 Å². The van der Waals surface area contributed by atoms with Crippen LogP contribution in [-0.4, -0.2) is 22.3 Å². The summed E-state index contributed by atoms with van der Waals surface area (Å²) < 4.78 is 0. The summed E-state index contributed by atoms with van der Waals surface area (Å²) in [7, 11) is 0. The van der Waals surface area contributed by atoms with Crippen molar-refractivity contribution in [3.8, 4) is 0 Å². The monoisotopic (exact) mass is 252 g/mol. The van der Waals surface area contributed by atoms with E-state index in [9.17, 15) is 14.7 Å². The lowest BCUT2D eigenvalue weighted by Crippen LogP contribution is -2.32. The predicted molar refractivity (Wildman–Crippen MR) is 71.2 cm³/mol. The van der Waals surface area contributed by atoms with Crippen LogP contribution in [-0.2, 0) is 9.59 Å². The van der Waals surface area contributed by atoms with Gasteiger partial charge >= 0.3 is 0 Å². The first-order valence-electron chi connectivity index (χ1n) is 6.70. The van der Waals surface area contributed by atoms with Gasteiger partial charge in [0.25, 0.3) is 0 Å². The molecule has 0 bridgehead atoms. The van der Waals surface area contributed by atoms with Gasteiger partial charge in [0.1, 0.15) is 5.78 Å². The van der Waals surface area contributed by atoms with Crippen molar-refractivity contribution in [1.82, 2.24) is 0 Å². The van der Waals surface area contributed by atoms with Gasteiger partial charge < -0.3 is 9.90 Å². The van der Waals surface area contributed by atoms with Crippen molar-refractivity contribution in [3.05, 3.63) is 11.6 Å². The van der Waals surface area contributed by atoms with E-state index in [1.807, 2.05) is 0 Å². The zero-order chi connectivity index (χ0) is 13.9. The van der Waals surface area contributed by atoms with Crippen LogP contribution in [0.4, 0.5) is 0 Å². The van der Waals surface area contributed by atoms with E-state index in [0.29, 0.717) is 31.6 Å². The average molecular weight is 252 g/mol. The molecule has 0 saturated carbocycles. The molecule has 2 atom stereocenters. The lowest BCUT2D eigenvalue weighted by atomic mass is 9.75. The van der Waals surface area contributed by atoms with Crippen LogP contribution >= 0.6 is 0 Å². The fraction of sp³-hybridized carbons (Fsp3) is 0.733. The first-order valence-corrected chi connectivity index (χ1v) is 6.70. The Bertz CT molecular complexity index is 364. The number of ketones is 2. The second kappa shape index (κ2) is 5.79. The maximum atomic E-state index is 12.0. The molecule has 0 aromatic heterocycles. The minimum absolute atomic E-state index is 0.0770. The molecule has 0 spiro atoms. The van der Waals surface area contributed by atoms with Crippen molar-refractivity contribution in [1.29, 1.82) is 0 Å². The number of hydrogen-bond donors (Lipinski definition) is 1. The molecule has 0 heterocycles. The highest BCUT2D eigenvalue weighted by Crippen LogP contribution is 2.33. The van der Waals surface area contributed by atoms with Crippen LogP contribution in [0.1, 0.15) is 53.4 Å². The van der Waals surface area contributed by atoms with Crippen molar-refractivity contribution in [3.63, 3.8) is 0 Å². The summed E-state index contributed by atoms with van der Waals surface area (Å²) in [5.41, 5.74) is -0.158. The molecule has 3 heteroatoms. The van der Waals surface area contributed by atoms with Crippen LogP contribution in [0.3, 0.4) is 0 Å². The lowest BCUT2D eigenvalue weighted by molar-refractivity contribution is -0.119. The molecule has 1 aliphatic rings. The first-order chi connectivity index (χ1) is 8.23. The Labute approximate surface area is 109 Å². The maximum Gasteiger partial charge on any atom is 0.159 e. The highest BCUT2D eigenvalue weighted by Gasteiger charge is 2.32. The third-order valence-corrected chi connectivity index (χ3v) is 3.66. The van der Waals surface area contributed by atoms with E-state index in [-0.39, 0.29) is 17.5 Å². The largest absolute Gasteiger partial charge is 0.386 e. The van der Waals surface area contributed by atoms with Gasteiger partial charge in [0.2, 0.25) is 0 Å². The maximum absolute atomic E-state index is 12.0. The molecule has 1 rings (SSSR count). The Morgan fingerprint density at radius 3 is 2.61 bits per heavy atom. The minimum Gasteiger partial charge on any atom is -0.386 e. The molecule has 102 valence electrons. The van der Waals surface area contributed by atoms with E-state index in [4.69, 9.17) is 0 Å². The molecule has 0 aromatic rings. The van der Waals surface area contributed by atoms with E-state index in [2.05, 4.69) is 13.8 Å². The minimum atomic E-state index is -0.882.